The van der Waals surface area contributed by atoms with Crippen molar-refractivity contribution in [3.05, 3.63) is 23.9 Å². The number of carboxylic acids is 1. The number of sulfonamides is 1. The molecule has 1 aliphatic rings. The summed E-state index contributed by atoms with van der Waals surface area (Å²) in [6, 6.07) is 2.52. The molecule has 7 heteroatoms. The van der Waals surface area contributed by atoms with Crippen molar-refractivity contribution in [2.45, 2.75) is 30.7 Å². The number of hydrogen-bond donors (Lipinski definition) is 1. The Hall–Kier alpha value is -1.47. The summed E-state index contributed by atoms with van der Waals surface area (Å²) in [5, 5.41) is 8.68. The summed E-state index contributed by atoms with van der Waals surface area (Å²) in [6.45, 7) is 1.01. The second-order valence-corrected chi connectivity index (χ2v) is 6.39. The number of carbonyl (C=O) groups is 1. The smallest absolute Gasteiger partial charge is 0.337 e. The second-order valence-electron chi connectivity index (χ2n) is 4.51. The molecule has 1 aromatic heterocycles. The minimum atomic E-state index is -3.60. The number of aromatic nitrogens is 1. The SMILES string of the molecule is O=C(O)c1ccc(S(=O)(=O)N2CCCCCC2)nc1. The van der Waals surface area contributed by atoms with E-state index >= 15 is 0 Å². The zero-order valence-electron chi connectivity index (χ0n) is 10.4. The van der Waals surface area contributed by atoms with Crippen LogP contribution in [0.3, 0.4) is 0 Å². The van der Waals surface area contributed by atoms with E-state index in [2.05, 4.69) is 4.98 Å². The summed E-state index contributed by atoms with van der Waals surface area (Å²) in [4.78, 5) is 14.5. The van der Waals surface area contributed by atoms with Crippen LogP contribution < -0.4 is 0 Å². The molecular formula is C12H16N2O4S. The molecule has 19 heavy (non-hydrogen) atoms. The highest BCUT2D eigenvalue weighted by Crippen LogP contribution is 2.18. The van der Waals surface area contributed by atoms with E-state index in [9.17, 15) is 13.2 Å². The van der Waals surface area contributed by atoms with Crippen molar-refractivity contribution in [1.29, 1.82) is 0 Å². The third kappa shape index (κ3) is 3.10. The number of aromatic carboxylic acids is 1. The molecule has 0 unspecified atom stereocenters. The molecule has 0 saturated carbocycles. The third-order valence-electron chi connectivity index (χ3n) is 3.15. The predicted molar refractivity (Wildman–Crippen MR) is 68.4 cm³/mol. The van der Waals surface area contributed by atoms with Crippen LogP contribution in [-0.2, 0) is 10.0 Å². The van der Waals surface area contributed by atoms with E-state index in [1.165, 1.54) is 16.4 Å². The van der Waals surface area contributed by atoms with Crippen molar-refractivity contribution < 1.29 is 18.3 Å². The van der Waals surface area contributed by atoms with Crippen LogP contribution in [0, 0.1) is 0 Å². The first-order valence-corrected chi connectivity index (χ1v) is 7.65. The molecule has 0 bridgehead atoms. The van der Waals surface area contributed by atoms with Crippen LogP contribution in [-0.4, -0.2) is 41.9 Å². The highest BCUT2D eigenvalue weighted by Gasteiger charge is 2.26. The van der Waals surface area contributed by atoms with Gasteiger partial charge in [-0.3, -0.25) is 0 Å². The van der Waals surface area contributed by atoms with Gasteiger partial charge in [0.25, 0.3) is 10.0 Å². The first-order valence-electron chi connectivity index (χ1n) is 6.21. The van der Waals surface area contributed by atoms with Crippen molar-refractivity contribution in [2.75, 3.05) is 13.1 Å². The van der Waals surface area contributed by atoms with Crippen LogP contribution in [0.4, 0.5) is 0 Å². The van der Waals surface area contributed by atoms with Gasteiger partial charge >= 0.3 is 5.97 Å². The lowest BCUT2D eigenvalue weighted by molar-refractivity contribution is 0.0696. The van der Waals surface area contributed by atoms with Gasteiger partial charge < -0.3 is 5.11 Å². The fourth-order valence-electron chi connectivity index (χ4n) is 2.07. The van der Waals surface area contributed by atoms with E-state index in [0.717, 1.165) is 31.9 Å². The Kier molecular flexibility index (Phi) is 4.16. The molecule has 0 radical (unpaired) electrons. The summed E-state index contributed by atoms with van der Waals surface area (Å²) in [7, 11) is -3.60. The molecule has 1 aliphatic heterocycles. The second kappa shape index (κ2) is 5.66. The Labute approximate surface area is 112 Å². The van der Waals surface area contributed by atoms with Crippen molar-refractivity contribution >= 4 is 16.0 Å². The fourth-order valence-corrected chi connectivity index (χ4v) is 3.50. The van der Waals surface area contributed by atoms with Crippen LogP contribution >= 0.6 is 0 Å². The van der Waals surface area contributed by atoms with Gasteiger partial charge in [0, 0.05) is 19.3 Å². The minimum absolute atomic E-state index is 0.0187. The third-order valence-corrected chi connectivity index (χ3v) is 4.97. The van der Waals surface area contributed by atoms with E-state index in [0.29, 0.717) is 13.1 Å². The molecule has 1 N–H and O–H groups in total. The van der Waals surface area contributed by atoms with E-state index in [1.54, 1.807) is 0 Å². The van der Waals surface area contributed by atoms with Gasteiger partial charge in [-0.25, -0.2) is 18.2 Å². The molecule has 0 amide bonds. The normalized spacial score (nSPS) is 17.9. The summed E-state index contributed by atoms with van der Waals surface area (Å²) in [6.07, 6.45) is 4.86. The predicted octanol–water partition coefficient (Wildman–Crippen LogP) is 1.34. The Balaban J connectivity index is 2.25. The van der Waals surface area contributed by atoms with Gasteiger partial charge in [-0.1, -0.05) is 12.8 Å². The molecule has 0 atom stereocenters. The first-order chi connectivity index (χ1) is 9.01. The van der Waals surface area contributed by atoms with Crippen LogP contribution in [0.15, 0.2) is 23.4 Å². The quantitative estimate of drug-likeness (QED) is 0.905. The molecule has 104 valence electrons. The number of pyridine rings is 1. The summed E-state index contributed by atoms with van der Waals surface area (Å²) >= 11 is 0. The monoisotopic (exact) mass is 284 g/mol. The van der Waals surface area contributed by atoms with Gasteiger partial charge in [-0.2, -0.15) is 4.31 Å². The molecule has 0 aromatic carbocycles. The molecule has 1 fully saturated rings. The average Bonchev–Trinajstić information content (AvgIpc) is 2.68. The highest BCUT2D eigenvalue weighted by molar-refractivity contribution is 7.89. The molecule has 1 saturated heterocycles. The minimum Gasteiger partial charge on any atom is -0.478 e. The van der Waals surface area contributed by atoms with Crippen LogP contribution in [0.1, 0.15) is 36.0 Å². The molecule has 0 spiro atoms. The first kappa shape index (κ1) is 14.0. The van der Waals surface area contributed by atoms with Crippen molar-refractivity contribution in [2.24, 2.45) is 0 Å². The van der Waals surface area contributed by atoms with Gasteiger partial charge in [0.05, 0.1) is 5.56 Å². The molecule has 1 aromatic rings. The topological polar surface area (TPSA) is 87.6 Å². The molecule has 0 aliphatic carbocycles. The van der Waals surface area contributed by atoms with Gasteiger partial charge in [0.1, 0.15) is 0 Å². The standard InChI is InChI=1S/C12H16N2O4S/c15-12(16)10-5-6-11(13-9-10)19(17,18)14-7-3-1-2-4-8-14/h5-6,9H,1-4,7-8H2,(H,15,16). The zero-order chi connectivity index (χ0) is 13.9. The van der Waals surface area contributed by atoms with Gasteiger partial charge in [-0.05, 0) is 25.0 Å². The summed E-state index contributed by atoms with van der Waals surface area (Å²) in [5.74, 6) is -1.12. The van der Waals surface area contributed by atoms with E-state index in [1.807, 2.05) is 0 Å². The highest BCUT2D eigenvalue weighted by atomic mass is 32.2. The van der Waals surface area contributed by atoms with Crippen molar-refractivity contribution in [3.8, 4) is 0 Å². The fraction of sp³-hybridized carbons (Fsp3) is 0.500. The summed E-state index contributed by atoms with van der Waals surface area (Å²) < 4.78 is 26.1. The van der Waals surface area contributed by atoms with Gasteiger partial charge in [-0.15, -0.1) is 0 Å². The van der Waals surface area contributed by atoms with Gasteiger partial charge in [0.15, 0.2) is 5.03 Å². The van der Waals surface area contributed by atoms with E-state index < -0.39 is 16.0 Å². The average molecular weight is 284 g/mol. The lowest BCUT2D eigenvalue weighted by Crippen LogP contribution is -2.32. The number of rotatable bonds is 3. The van der Waals surface area contributed by atoms with E-state index in [4.69, 9.17) is 5.11 Å². The lowest BCUT2D eigenvalue weighted by atomic mass is 10.2. The summed E-state index contributed by atoms with van der Waals surface area (Å²) in [5.41, 5.74) is -0.0187. The largest absolute Gasteiger partial charge is 0.478 e. The molecule has 2 rings (SSSR count). The Morgan fingerprint density at radius 1 is 1.16 bits per heavy atom. The van der Waals surface area contributed by atoms with Crippen molar-refractivity contribution in [1.82, 2.24) is 9.29 Å². The van der Waals surface area contributed by atoms with Gasteiger partial charge in [0.2, 0.25) is 0 Å². The maximum atomic E-state index is 12.3. The maximum absolute atomic E-state index is 12.3. The molecule has 2 heterocycles. The molecule has 6 nitrogen and oxygen atoms in total. The van der Waals surface area contributed by atoms with Crippen LogP contribution in [0.2, 0.25) is 0 Å². The number of hydrogen-bond acceptors (Lipinski definition) is 4. The van der Waals surface area contributed by atoms with Crippen LogP contribution in [0.25, 0.3) is 0 Å². The number of nitrogens with zero attached hydrogens (tertiary/aromatic N) is 2. The Bertz CT molecular complexity index is 546. The van der Waals surface area contributed by atoms with Crippen LogP contribution in [0.5, 0.6) is 0 Å². The Morgan fingerprint density at radius 3 is 2.26 bits per heavy atom. The molecular weight excluding hydrogens is 268 g/mol. The van der Waals surface area contributed by atoms with E-state index in [-0.39, 0.29) is 10.6 Å². The number of carboxylic acid groups (broad SMARTS) is 1. The Morgan fingerprint density at radius 2 is 1.79 bits per heavy atom. The zero-order valence-corrected chi connectivity index (χ0v) is 11.3. The lowest BCUT2D eigenvalue weighted by Gasteiger charge is -2.19. The maximum Gasteiger partial charge on any atom is 0.337 e. The van der Waals surface area contributed by atoms with Crippen molar-refractivity contribution in [3.63, 3.8) is 0 Å².